The van der Waals surface area contributed by atoms with Gasteiger partial charge >= 0.3 is 0 Å². The van der Waals surface area contributed by atoms with Crippen molar-refractivity contribution in [3.63, 3.8) is 0 Å². The summed E-state index contributed by atoms with van der Waals surface area (Å²) in [5.41, 5.74) is 1.97. The second kappa shape index (κ2) is 9.37. The van der Waals surface area contributed by atoms with Crippen LogP contribution in [0.3, 0.4) is 0 Å². The highest BCUT2D eigenvalue weighted by Crippen LogP contribution is 2.23. The SMILES string of the molecule is CCCc1ccncc1OC1CCN(C(=O)COc2ccc(CO)cc2)C1. The quantitative estimate of drug-likeness (QED) is 0.773. The average molecular weight is 370 g/mol. The van der Waals surface area contributed by atoms with Gasteiger partial charge in [-0.15, -0.1) is 0 Å². The van der Waals surface area contributed by atoms with Crippen molar-refractivity contribution < 1.29 is 19.4 Å². The van der Waals surface area contributed by atoms with Crippen LogP contribution in [0.2, 0.25) is 0 Å². The Morgan fingerprint density at radius 1 is 1.30 bits per heavy atom. The smallest absolute Gasteiger partial charge is 0.260 e. The molecular weight excluding hydrogens is 344 g/mol. The normalized spacial score (nSPS) is 16.4. The average Bonchev–Trinajstić information content (AvgIpc) is 3.17. The monoisotopic (exact) mass is 370 g/mol. The second-order valence-corrected chi connectivity index (χ2v) is 6.69. The zero-order chi connectivity index (χ0) is 19.1. The first kappa shape index (κ1) is 19.2. The summed E-state index contributed by atoms with van der Waals surface area (Å²) in [6.07, 6.45) is 6.33. The van der Waals surface area contributed by atoms with Crippen molar-refractivity contribution in [3.05, 3.63) is 53.9 Å². The molecule has 0 aliphatic carbocycles. The number of aliphatic hydroxyl groups is 1. The molecule has 6 nitrogen and oxygen atoms in total. The number of ether oxygens (including phenoxy) is 2. The van der Waals surface area contributed by atoms with Crippen LogP contribution >= 0.6 is 0 Å². The maximum Gasteiger partial charge on any atom is 0.260 e. The lowest BCUT2D eigenvalue weighted by atomic mass is 10.1. The lowest BCUT2D eigenvalue weighted by Gasteiger charge is -2.18. The highest BCUT2D eigenvalue weighted by Gasteiger charge is 2.28. The number of likely N-dealkylation sites (tertiary alicyclic amines) is 1. The summed E-state index contributed by atoms with van der Waals surface area (Å²) in [5.74, 6) is 1.39. The van der Waals surface area contributed by atoms with E-state index in [1.54, 1.807) is 41.6 Å². The molecule has 144 valence electrons. The summed E-state index contributed by atoms with van der Waals surface area (Å²) in [6.45, 7) is 3.35. The Balaban J connectivity index is 1.49. The minimum absolute atomic E-state index is 0.000824. The molecule has 2 heterocycles. The van der Waals surface area contributed by atoms with Crippen LogP contribution in [0.15, 0.2) is 42.7 Å². The Kier molecular flexibility index (Phi) is 6.65. The Morgan fingerprint density at radius 2 is 2.11 bits per heavy atom. The number of pyridine rings is 1. The van der Waals surface area contributed by atoms with Gasteiger partial charge in [0.25, 0.3) is 5.91 Å². The predicted octanol–water partition coefficient (Wildman–Crippen LogP) is 2.59. The molecule has 1 N–H and O–H groups in total. The van der Waals surface area contributed by atoms with Crippen LogP contribution in [0.4, 0.5) is 0 Å². The number of benzene rings is 1. The third kappa shape index (κ3) is 5.20. The maximum absolute atomic E-state index is 12.4. The lowest BCUT2D eigenvalue weighted by molar-refractivity contribution is -0.132. The molecule has 3 rings (SSSR count). The molecule has 1 saturated heterocycles. The third-order valence-electron chi connectivity index (χ3n) is 4.65. The van der Waals surface area contributed by atoms with Gasteiger partial charge in [0.2, 0.25) is 0 Å². The molecule has 1 atom stereocenters. The molecule has 0 bridgehead atoms. The molecule has 0 spiro atoms. The first-order chi connectivity index (χ1) is 13.2. The van der Waals surface area contributed by atoms with E-state index in [1.165, 1.54) is 0 Å². The molecule has 0 radical (unpaired) electrons. The van der Waals surface area contributed by atoms with Gasteiger partial charge in [-0.3, -0.25) is 9.78 Å². The summed E-state index contributed by atoms with van der Waals surface area (Å²) in [4.78, 5) is 18.3. The molecule has 1 amide bonds. The van der Waals surface area contributed by atoms with E-state index in [-0.39, 0.29) is 25.2 Å². The number of carbonyl (C=O) groups excluding carboxylic acids is 1. The zero-order valence-electron chi connectivity index (χ0n) is 15.6. The Bertz CT molecular complexity index is 748. The molecule has 1 aliphatic heterocycles. The fraction of sp³-hybridized carbons (Fsp3) is 0.429. The van der Waals surface area contributed by atoms with Gasteiger partial charge in [-0.05, 0) is 35.7 Å². The van der Waals surface area contributed by atoms with E-state index in [0.717, 1.165) is 36.1 Å². The van der Waals surface area contributed by atoms with Gasteiger partial charge in [-0.1, -0.05) is 25.5 Å². The van der Waals surface area contributed by atoms with Crippen molar-refractivity contribution in [1.29, 1.82) is 0 Å². The number of hydrogen-bond acceptors (Lipinski definition) is 5. The summed E-state index contributed by atoms with van der Waals surface area (Å²) < 4.78 is 11.7. The predicted molar refractivity (Wildman–Crippen MR) is 102 cm³/mol. The fourth-order valence-electron chi connectivity index (χ4n) is 3.15. The number of aliphatic hydroxyl groups excluding tert-OH is 1. The van der Waals surface area contributed by atoms with E-state index in [2.05, 4.69) is 11.9 Å². The Morgan fingerprint density at radius 3 is 2.85 bits per heavy atom. The van der Waals surface area contributed by atoms with Crippen LogP contribution < -0.4 is 9.47 Å². The minimum Gasteiger partial charge on any atom is -0.487 e. The van der Waals surface area contributed by atoms with Gasteiger partial charge in [-0.2, -0.15) is 0 Å². The van der Waals surface area contributed by atoms with Crippen molar-refractivity contribution in [1.82, 2.24) is 9.88 Å². The van der Waals surface area contributed by atoms with Gasteiger partial charge in [0, 0.05) is 19.2 Å². The van der Waals surface area contributed by atoms with Gasteiger partial charge < -0.3 is 19.5 Å². The highest BCUT2D eigenvalue weighted by atomic mass is 16.5. The molecule has 27 heavy (non-hydrogen) atoms. The molecule has 1 fully saturated rings. The van der Waals surface area contributed by atoms with Gasteiger partial charge in [0.1, 0.15) is 17.6 Å². The maximum atomic E-state index is 12.4. The van der Waals surface area contributed by atoms with Gasteiger partial charge in [0.15, 0.2) is 6.61 Å². The van der Waals surface area contributed by atoms with E-state index in [4.69, 9.17) is 14.6 Å². The Hall–Kier alpha value is -2.60. The van der Waals surface area contributed by atoms with Crippen LogP contribution in [0.1, 0.15) is 30.9 Å². The van der Waals surface area contributed by atoms with Gasteiger partial charge in [-0.25, -0.2) is 0 Å². The number of amides is 1. The van der Waals surface area contributed by atoms with Crippen LogP contribution in [0, 0.1) is 0 Å². The molecule has 1 unspecified atom stereocenters. The number of rotatable bonds is 8. The number of hydrogen-bond donors (Lipinski definition) is 1. The van der Waals surface area contributed by atoms with Crippen molar-refractivity contribution >= 4 is 5.91 Å². The molecule has 0 saturated carbocycles. The lowest BCUT2D eigenvalue weighted by Crippen LogP contribution is -2.34. The van der Waals surface area contributed by atoms with E-state index in [0.29, 0.717) is 18.8 Å². The minimum atomic E-state index is -0.0488. The van der Waals surface area contributed by atoms with E-state index >= 15 is 0 Å². The Labute approximate surface area is 159 Å². The van der Waals surface area contributed by atoms with Crippen LogP contribution in [0.25, 0.3) is 0 Å². The van der Waals surface area contributed by atoms with E-state index in [1.807, 2.05) is 6.07 Å². The van der Waals surface area contributed by atoms with Crippen molar-refractivity contribution in [3.8, 4) is 11.5 Å². The summed E-state index contributed by atoms with van der Waals surface area (Å²) in [7, 11) is 0. The molecule has 2 aromatic rings. The number of carbonyl (C=O) groups is 1. The first-order valence-corrected chi connectivity index (χ1v) is 9.39. The van der Waals surface area contributed by atoms with Gasteiger partial charge in [0.05, 0.1) is 19.3 Å². The molecule has 1 aliphatic rings. The number of nitrogens with zero attached hydrogens (tertiary/aromatic N) is 2. The third-order valence-corrected chi connectivity index (χ3v) is 4.65. The number of aromatic nitrogens is 1. The van der Waals surface area contributed by atoms with E-state index in [9.17, 15) is 4.79 Å². The first-order valence-electron chi connectivity index (χ1n) is 9.39. The molecule has 6 heteroatoms. The molecule has 1 aromatic carbocycles. The largest absolute Gasteiger partial charge is 0.487 e. The number of aryl methyl sites for hydroxylation is 1. The van der Waals surface area contributed by atoms with Crippen molar-refractivity contribution in [2.75, 3.05) is 19.7 Å². The fourth-order valence-corrected chi connectivity index (χ4v) is 3.15. The zero-order valence-corrected chi connectivity index (χ0v) is 15.6. The summed E-state index contributed by atoms with van der Waals surface area (Å²) in [5, 5.41) is 9.05. The van der Waals surface area contributed by atoms with Crippen molar-refractivity contribution in [2.24, 2.45) is 0 Å². The van der Waals surface area contributed by atoms with Crippen LogP contribution in [-0.2, 0) is 17.8 Å². The van der Waals surface area contributed by atoms with E-state index < -0.39 is 0 Å². The standard InChI is InChI=1S/C21H26N2O4/c1-2-3-17-8-10-22-12-20(17)27-19-9-11-23(13-19)21(25)15-26-18-6-4-16(14-24)5-7-18/h4-8,10,12,19,24H,2-3,9,11,13-15H2,1H3. The molecular formula is C21H26N2O4. The van der Waals surface area contributed by atoms with Crippen LogP contribution in [0.5, 0.6) is 11.5 Å². The molecule has 1 aromatic heterocycles. The second-order valence-electron chi connectivity index (χ2n) is 6.69. The van der Waals surface area contributed by atoms with Crippen molar-refractivity contribution in [2.45, 2.75) is 38.9 Å². The highest BCUT2D eigenvalue weighted by molar-refractivity contribution is 5.78. The summed E-state index contributed by atoms with van der Waals surface area (Å²) >= 11 is 0. The van der Waals surface area contributed by atoms with Crippen LogP contribution in [-0.4, -0.2) is 46.7 Å². The summed E-state index contributed by atoms with van der Waals surface area (Å²) in [6, 6.07) is 9.06. The topological polar surface area (TPSA) is 71.9 Å².